The molecule has 1 aromatic heterocycles. The second-order valence-corrected chi connectivity index (χ2v) is 13.8. The second-order valence-electron chi connectivity index (χ2n) is 12.2. The maximum atomic E-state index is 12.8. The minimum absolute atomic E-state index is 0.228. The highest BCUT2D eigenvalue weighted by Gasteiger charge is 2.32. The number of piperidine rings is 1. The topological polar surface area (TPSA) is 97.9 Å². The van der Waals surface area contributed by atoms with Crippen molar-refractivity contribution in [3.63, 3.8) is 0 Å². The van der Waals surface area contributed by atoms with Crippen LogP contribution in [0.2, 0.25) is 0 Å². The molecule has 10 heteroatoms. The molecule has 0 radical (unpaired) electrons. The first-order valence-electron chi connectivity index (χ1n) is 15.7. The molecular weight excluding hydrogens is 546 g/mol. The number of aromatic nitrogens is 2. The zero-order valence-corrected chi connectivity index (χ0v) is 26.3. The Balaban J connectivity index is 1.07. The Bertz CT molecular complexity index is 1320. The molecule has 9 nitrogen and oxygen atoms in total. The fourth-order valence-electron chi connectivity index (χ4n) is 6.92. The third-order valence-corrected chi connectivity index (χ3v) is 10.9. The molecule has 6 rings (SSSR count). The van der Waals surface area contributed by atoms with Crippen LogP contribution in [0.25, 0.3) is 5.32 Å². The Hall–Kier alpha value is -2.53. The normalized spacial score (nSPS) is 25.2. The van der Waals surface area contributed by atoms with Gasteiger partial charge in [0.05, 0.1) is 22.7 Å². The summed E-state index contributed by atoms with van der Waals surface area (Å²) in [4.78, 5) is 8.19. The lowest BCUT2D eigenvalue weighted by atomic mass is 9.88. The maximum Gasteiger partial charge on any atom is 0.0762 e. The van der Waals surface area contributed by atoms with Crippen LogP contribution in [0, 0.1) is 6.92 Å². The number of aryl methyl sites for hydroxylation is 2. The molecule has 4 aliphatic heterocycles. The van der Waals surface area contributed by atoms with Crippen LogP contribution in [0.15, 0.2) is 46.1 Å². The van der Waals surface area contributed by atoms with Gasteiger partial charge in [-0.2, -0.15) is 5.10 Å². The number of benzene rings is 1. The van der Waals surface area contributed by atoms with Crippen molar-refractivity contribution in [3.05, 3.63) is 68.8 Å². The molecule has 2 aromatic rings. The highest BCUT2D eigenvalue weighted by Crippen LogP contribution is 2.36. The molecule has 0 amide bonds. The van der Waals surface area contributed by atoms with Gasteiger partial charge < -0.3 is 30.6 Å². The van der Waals surface area contributed by atoms with Crippen molar-refractivity contribution in [2.75, 3.05) is 32.1 Å². The zero-order valence-electron chi connectivity index (χ0n) is 25.5. The number of likely N-dealkylation sites (tertiary alicyclic amines) is 1. The van der Waals surface area contributed by atoms with Gasteiger partial charge in [0.1, 0.15) is 0 Å². The Kier molecular flexibility index (Phi) is 9.14. The summed E-state index contributed by atoms with van der Waals surface area (Å²) < 4.78 is 20.2. The lowest BCUT2D eigenvalue weighted by Crippen LogP contribution is -2.47. The number of allylic oxidation sites excluding steroid dienone is 1. The largest absolute Gasteiger partial charge is 0.426 e. The molecule has 4 aliphatic rings. The lowest BCUT2D eigenvalue weighted by Gasteiger charge is -2.45. The molecule has 42 heavy (non-hydrogen) atoms. The standard InChI is InChI=1S/C32H46N7O2S/c1-5-28(33-21(2)27-20-38(4)37-22(27)3)25-8-6-23(7-9-25)24-10-15-39(16-11-24)32-35-29-14-19-42(40)30(29)31(36-32)34-26-12-17-41-18-13-26/h6-9,20-21,24,26,28,31,33-34H,5,10-19H2,1-4H3/q-1. The fraction of sp³-hybridized carbons (Fsp3) is 0.625. The van der Waals surface area contributed by atoms with Crippen LogP contribution in [0.4, 0.5) is 0 Å². The van der Waals surface area contributed by atoms with E-state index in [1.807, 2.05) is 11.7 Å². The average molecular weight is 593 g/mol. The van der Waals surface area contributed by atoms with Gasteiger partial charge in [-0.25, -0.2) is 0 Å². The Morgan fingerprint density at radius 2 is 1.88 bits per heavy atom. The van der Waals surface area contributed by atoms with Crippen molar-refractivity contribution in [3.8, 4) is 0 Å². The van der Waals surface area contributed by atoms with Crippen molar-refractivity contribution in [2.45, 2.75) is 89.5 Å². The fourth-order valence-corrected chi connectivity index (χ4v) is 8.30. The van der Waals surface area contributed by atoms with Crippen molar-refractivity contribution >= 4 is 16.8 Å². The van der Waals surface area contributed by atoms with E-state index < -0.39 is 10.8 Å². The number of nitrogens with zero attached hydrogens (tertiary/aromatic N) is 5. The van der Waals surface area contributed by atoms with E-state index in [-0.39, 0.29) is 12.2 Å². The summed E-state index contributed by atoms with van der Waals surface area (Å²) in [5.74, 6) is 2.02. The van der Waals surface area contributed by atoms with E-state index in [9.17, 15) is 4.21 Å². The Morgan fingerprint density at radius 1 is 1.14 bits per heavy atom. The summed E-state index contributed by atoms with van der Waals surface area (Å²) in [7, 11) is 0.996. The van der Waals surface area contributed by atoms with E-state index in [4.69, 9.17) is 15.0 Å². The summed E-state index contributed by atoms with van der Waals surface area (Å²) in [6.45, 7) is 9.97. The minimum atomic E-state index is -0.986. The van der Waals surface area contributed by atoms with E-state index in [1.165, 1.54) is 16.7 Å². The molecule has 4 unspecified atom stereocenters. The molecule has 2 N–H and O–H groups in total. The molecule has 228 valence electrons. The van der Waals surface area contributed by atoms with Gasteiger partial charge in [0.15, 0.2) is 0 Å². The minimum Gasteiger partial charge on any atom is -0.426 e. The van der Waals surface area contributed by atoms with Crippen LogP contribution in [-0.4, -0.2) is 69.1 Å². The van der Waals surface area contributed by atoms with E-state index in [2.05, 4.69) is 71.9 Å². The predicted molar refractivity (Wildman–Crippen MR) is 169 cm³/mol. The Labute approximate surface area is 253 Å². The smallest absolute Gasteiger partial charge is 0.0762 e. The van der Waals surface area contributed by atoms with Crippen LogP contribution < -0.4 is 10.6 Å². The van der Waals surface area contributed by atoms with Gasteiger partial charge in [-0.15, -0.1) is 0 Å². The molecule has 0 bridgehead atoms. The summed E-state index contributed by atoms with van der Waals surface area (Å²) >= 11 is 0. The predicted octanol–water partition coefficient (Wildman–Crippen LogP) is 4.91. The highest BCUT2D eigenvalue weighted by atomic mass is 32.2. The average Bonchev–Trinajstić information content (AvgIpc) is 3.57. The van der Waals surface area contributed by atoms with Crippen molar-refractivity contribution < 1.29 is 8.95 Å². The molecule has 0 saturated carbocycles. The number of ether oxygens (including phenoxy) is 1. The molecule has 2 fully saturated rings. The number of hydrogen-bond acceptors (Lipinski definition) is 7. The Morgan fingerprint density at radius 3 is 2.55 bits per heavy atom. The second kappa shape index (κ2) is 13.0. The molecule has 2 saturated heterocycles. The van der Waals surface area contributed by atoms with E-state index in [0.29, 0.717) is 23.8 Å². The van der Waals surface area contributed by atoms with Gasteiger partial charge >= 0.3 is 0 Å². The van der Waals surface area contributed by atoms with Crippen LogP contribution >= 0.6 is 0 Å². The van der Waals surface area contributed by atoms with Gasteiger partial charge in [-0.05, 0) is 88.2 Å². The zero-order chi connectivity index (χ0) is 29.2. The van der Waals surface area contributed by atoms with Gasteiger partial charge in [-0.1, -0.05) is 31.2 Å². The SMILES string of the molecule is CCC(NC(C)c1cn(C)nc1C)c1ccc(C2CCN(C3=NC4=C(C(NC5CCOCC5)[N-]3)S(=O)CC4)CC2)cc1. The van der Waals surface area contributed by atoms with E-state index >= 15 is 0 Å². The monoisotopic (exact) mass is 592 g/mol. The van der Waals surface area contributed by atoms with Crippen molar-refractivity contribution in [1.29, 1.82) is 0 Å². The van der Waals surface area contributed by atoms with Crippen LogP contribution in [0.5, 0.6) is 0 Å². The number of rotatable bonds is 8. The summed E-state index contributed by atoms with van der Waals surface area (Å²) in [5.41, 5.74) is 6.09. The van der Waals surface area contributed by atoms with Gasteiger partial charge in [-0.3, -0.25) is 8.89 Å². The van der Waals surface area contributed by atoms with Gasteiger partial charge in [0, 0.05) is 66.8 Å². The molecular formula is C32H46N7O2S-. The lowest BCUT2D eigenvalue weighted by molar-refractivity contribution is 0.0771. The summed E-state index contributed by atoms with van der Waals surface area (Å²) in [5, 5.41) is 17.1. The number of hydrogen-bond donors (Lipinski definition) is 2. The number of guanidine groups is 1. The highest BCUT2D eigenvalue weighted by molar-refractivity contribution is 7.89. The van der Waals surface area contributed by atoms with E-state index in [0.717, 1.165) is 87.1 Å². The van der Waals surface area contributed by atoms with Gasteiger partial charge in [0.2, 0.25) is 0 Å². The van der Waals surface area contributed by atoms with Crippen LogP contribution in [0.3, 0.4) is 0 Å². The molecule has 1 aromatic carbocycles. The number of aliphatic imine (C=N–C) groups is 1. The van der Waals surface area contributed by atoms with Gasteiger partial charge in [0.25, 0.3) is 0 Å². The van der Waals surface area contributed by atoms with E-state index in [1.54, 1.807) is 0 Å². The molecule has 5 heterocycles. The third-order valence-electron chi connectivity index (χ3n) is 9.36. The summed E-state index contributed by atoms with van der Waals surface area (Å²) in [6.07, 6.45) is 7.80. The first-order valence-corrected chi connectivity index (χ1v) is 17.1. The van der Waals surface area contributed by atoms with Crippen molar-refractivity contribution in [1.82, 2.24) is 25.3 Å². The third kappa shape index (κ3) is 6.37. The molecule has 0 aliphatic carbocycles. The molecule has 0 spiro atoms. The quantitative estimate of drug-likeness (QED) is 0.452. The maximum absolute atomic E-state index is 12.8. The number of nitrogens with one attached hydrogen (secondary N) is 2. The first-order chi connectivity index (χ1) is 20.4. The summed E-state index contributed by atoms with van der Waals surface area (Å²) in [6, 6.07) is 10.2. The molecule has 4 atom stereocenters. The van der Waals surface area contributed by atoms with Crippen molar-refractivity contribution in [2.24, 2.45) is 12.0 Å². The van der Waals surface area contributed by atoms with Crippen LogP contribution in [-0.2, 0) is 22.6 Å². The first kappa shape index (κ1) is 29.5. The van der Waals surface area contributed by atoms with Crippen LogP contribution in [0.1, 0.15) is 92.8 Å².